The second-order valence-electron chi connectivity index (χ2n) is 5.23. The van der Waals surface area contributed by atoms with Gasteiger partial charge in [-0.25, -0.2) is 8.78 Å². The Balaban J connectivity index is 1.72. The number of hydrogen-bond acceptors (Lipinski definition) is 2. The third kappa shape index (κ3) is 3.06. The van der Waals surface area contributed by atoms with E-state index in [0.29, 0.717) is 5.69 Å². The quantitative estimate of drug-likeness (QED) is 0.805. The number of carbonyl (C=O) groups excluding carboxylic acids is 1. The molecule has 0 atom stereocenters. The fourth-order valence-electron chi connectivity index (χ4n) is 2.55. The number of benzene rings is 2. The molecule has 0 aliphatic carbocycles. The largest absolute Gasteiger partial charge is 0.350 e. The number of halogens is 2. The first-order valence-corrected chi connectivity index (χ1v) is 7.20. The molecule has 23 heavy (non-hydrogen) atoms. The van der Waals surface area contributed by atoms with Crippen molar-refractivity contribution in [2.75, 3.05) is 6.54 Å². The van der Waals surface area contributed by atoms with Crippen LogP contribution < -0.4 is 5.32 Å². The average Bonchev–Trinajstić information content (AvgIpc) is 2.86. The number of hydrogen-bond donors (Lipinski definition) is 1. The van der Waals surface area contributed by atoms with E-state index in [1.165, 1.54) is 4.68 Å². The summed E-state index contributed by atoms with van der Waals surface area (Å²) >= 11 is 0. The SMILES string of the molecule is Cn1nc2ccccc2c1C(=O)NCCc1cc(F)ccc1F. The summed E-state index contributed by atoms with van der Waals surface area (Å²) in [4.78, 5) is 12.3. The van der Waals surface area contributed by atoms with Crippen molar-refractivity contribution < 1.29 is 13.6 Å². The zero-order valence-corrected chi connectivity index (χ0v) is 12.5. The van der Waals surface area contributed by atoms with Crippen LogP contribution in [0.1, 0.15) is 16.1 Å². The van der Waals surface area contributed by atoms with E-state index in [-0.39, 0.29) is 24.4 Å². The first-order chi connectivity index (χ1) is 11.1. The summed E-state index contributed by atoms with van der Waals surface area (Å²) in [5, 5.41) is 7.75. The molecule has 0 saturated carbocycles. The van der Waals surface area contributed by atoms with Gasteiger partial charge in [-0.15, -0.1) is 0 Å². The lowest BCUT2D eigenvalue weighted by Gasteiger charge is -2.07. The topological polar surface area (TPSA) is 46.9 Å². The van der Waals surface area contributed by atoms with E-state index in [0.717, 1.165) is 29.1 Å². The monoisotopic (exact) mass is 315 g/mol. The van der Waals surface area contributed by atoms with Crippen molar-refractivity contribution >= 4 is 16.8 Å². The number of nitrogens with zero attached hydrogens (tertiary/aromatic N) is 2. The van der Waals surface area contributed by atoms with Gasteiger partial charge in [0.15, 0.2) is 0 Å². The summed E-state index contributed by atoms with van der Waals surface area (Å²) in [7, 11) is 1.70. The Morgan fingerprint density at radius 3 is 2.83 bits per heavy atom. The molecule has 1 aromatic heterocycles. The predicted molar refractivity (Wildman–Crippen MR) is 83.1 cm³/mol. The summed E-state index contributed by atoms with van der Waals surface area (Å²) in [5.74, 6) is -1.27. The highest BCUT2D eigenvalue weighted by atomic mass is 19.1. The third-order valence-electron chi connectivity index (χ3n) is 3.64. The minimum atomic E-state index is -0.495. The standard InChI is InChI=1S/C17H15F2N3O/c1-22-16(13-4-2-3-5-15(13)21-22)17(23)20-9-8-11-10-12(18)6-7-14(11)19/h2-7,10H,8-9H2,1H3,(H,20,23). The third-order valence-corrected chi connectivity index (χ3v) is 3.64. The Kier molecular flexibility index (Phi) is 4.06. The Morgan fingerprint density at radius 1 is 1.22 bits per heavy atom. The predicted octanol–water partition coefficient (Wildman–Crippen LogP) is 2.82. The molecule has 0 unspecified atom stereocenters. The molecule has 0 spiro atoms. The molecule has 1 N–H and O–H groups in total. The minimum Gasteiger partial charge on any atom is -0.350 e. The van der Waals surface area contributed by atoms with Gasteiger partial charge in [-0.2, -0.15) is 5.10 Å². The molecule has 118 valence electrons. The number of rotatable bonds is 4. The van der Waals surface area contributed by atoms with Gasteiger partial charge in [-0.05, 0) is 36.2 Å². The van der Waals surface area contributed by atoms with E-state index < -0.39 is 11.6 Å². The number of carbonyl (C=O) groups is 1. The van der Waals surface area contributed by atoms with Crippen molar-refractivity contribution in [1.82, 2.24) is 15.1 Å². The van der Waals surface area contributed by atoms with Crippen LogP contribution in [0.25, 0.3) is 10.9 Å². The van der Waals surface area contributed by atoms with Gasteiger partial charge in [0, 0.05) is 19.0 Å². The lowest BCUT2D eigenvalue weighted by Crippen LogP contribution is -2.28. The maximum absolute atomic E-state index is 13.5. The van der Waals surface area contributed by atoms with Gasteiger partial charge in [-0.1, -0.05) is 18.2 Å². The average molecular weight is 315 g/mol. The van der Waals surface area contributed by atoms with Crippen LogP contribution in [0.5, 0.6) is 0 Å². The molecular formula is C17H15F2N3O. The van der Waals surface area contributed by atoms with E-state index in [1.807, 2.05) is 24.3 Å². The molecule has 4 nitrogen and oxygen atoms in total. The zero-order valence-electron chi connectivity index (χ0n) is 12.5. The van der Waals surface area contributed by atoms with Crippen LogP contribution in [0, 0.1) is 11.6 Å². The fourth-order valence-corrected chi connectivity index (χ4v) is 2.55. The van der Waals surface area contributed by atoms with Gasteiger partial charge in [0.25, 0.3) is 5.91 Å². The number of nitrogens with one attached hydrogen (secondary N) is 1. The van der Waals surface area contributed by atoms with Gasteiger partial charge in [0.05, 0.1) is 5.52 Å². The van der Waals surface area contributed by atoms with Gasteiger partial charge >= 0.3 is 0 Å². The highest BCUT2D eigenvalue weighted by molar-refractivity contribution is 6.04. The van der Waals surface area contributed by atoms with Crippen molar-refractivity contribution in [2.24, 2.45) is 7.05 Å². The van der Waals surface area contributed by atoms with Gasteiger partial charge < -0.3 is 5.32 Å². The summed E-state index contributed by atoms with van der Waals surface area (Å²) in [6, 6.07) is 10.6. The fraction of sp³-hybridized carbons (Fsp3) is 0.176. The van der Waals surface area contributed by atoms with Crippen molar-refractivity contribution in [3.63, 3.8) is 0 Å². The Morgan fingerprint density at radius 2 is 2.00 bits per heavy atom. The Labute approximate surface area is 131 Å². The zero-order chi connectivity index (χ0) is 16.4. The molecule has 1 heterocycles. The molecule has 3 aromatic rings. The Hall–Kier alpha value is -2.76. The molecule has 0 radical (unpaired) electrons. The maximum atomic E-state index is 13.5. The van der Waals surface area contributed by atoms with Crippen LogP contribution in [0.15, 0.2) is 42.5 Å². The van der Waals surface area contributed by atoms with E-state index in [1.54, 1.807) is 7.05 Å². The molecular weight excluding hydrogens is 300 g/mol. The van der Waals surface area contributed by atoms with Crippen LogP contribution in [0.4, 0.5) is 8.78 Å². The summed E-state index contributed by atoms with van der Waals surface area (Å²) in [6.45, 7) is 0.207. The van der Waals surface area contributed by atoms with Crippen molar-refractivity contribution in [3.05, 3.63) is 65.4 Å². The lowest BCUT2D eigenvalue weighted by molar-refractivity contribution is 0.0946. The minimum absolute atomic E-state index is 0.207. The van der Waals surface area contributed by atoms with E-state index >= 15 is 0 Å². The van der Waals surface area contributed by atoms with Crippen molar-refractivity contribution in [2.45, 2.75) is 6.42 Å². The molecule has 3 rings (SSSR count). The number of aryl methyl sites for hydroxylation is 1. The van der Waals surface area contributed by atoms with Crippen LogP contribution in [0.3, 0.4) is 0 Å². The first-order valence-electron chi connectivity index (χ1n) is 7.20. The van der Waals surface area contributed by atoms with Crippen LogP contribution in [0.2, 0.25) is 0 Å². The molecule has 0 saturated heterocycles. The van der Waals surface area contributed by atoms with E-state index in [2.05, 4.69) is 10.4 Å². The highest BCUT2D eigenvalue weighted by Gasteiger charge is 2.16. The van der Waals surface area contributed by atoms with Crippen LogP contribution in [-0.2, 0) is 13.5 Å². The molecule has 0 bridgehead atoms. The summed E-state index contributed by atoms with van der Waals surface area (Å²) < 4.78 is 28.2. The molecule has 1 amide bonds. The lowest BCUT2D eigenvalue weighted by atomic mass is 10.1. The van der Waals surface area contributed by atoms with Crippen molar-refractivity contribution in [1.29, 1.82) is 0 Å². The normalized spacial score (nSPS) is 10.9. The number of amides is 1. The van der Waals surface area contributed by atoms with Gasteiger partial charge in [0.2, 0.25) is 0 Å². The van der Waals surface area contributed by atoms with Crippen molar-refractivity contribution in [3.8, 4) is 0 Å². The van der Waals surface area contributed by atoms with Gasteiger partial charge in [0.1, 0.15) is 17.3 Å². The van der Waals surface area contributed by atoms with Gasteiger partial charge in [-0.3, -0.25) is 9.48 Å². The smallest absolute Gasteiger partial charge is 0.270 e. The summed E-state index contributed by atoms with van der Waals surface area (Å²) in [6.07, 6.45) is 0.213. The van der Waals surface area contributed by atoms with Crippen LogP contribution in [-0.4, -0.2) is 22.2 Å². The first kappa shape index (κ1) is 15.1. The molecule has 0 fully saturated rings. The second-order valence-corrected chi connectivity index (χ2v) is 5.23. The van der Waals surface area contributed by atoms with E-state index in [4.69, 9.17) is 0 Å². The molecule has 6 heteroatoms. The maximum Gasteiger partial charge on any atom is 0.270 e. The van der Waals surface area contributed by atoms with Crippen LogP contribution >= 0.6 is 0 Å². The Bertz CT molecular complexity index is 873. The molecule has 0 aliphatic rings. The second kappa shape index (κ2) is 6.16. The highest BCUT2D eigenvalue weighted by Crippen LogP contribution is 2.17. The number of aromatic nitrogens is 2. The molecule has 0 aliphatic heterocycles. The number of fused-ring (bicyclic) bond motifs is 1. The van der Waals surface area contributed by atoms with E-state index in [9.17, 15) is 13.6 Å². The summed E-state index contributed by atoms with van der Waals surface area (Å²) in [5.41, 5.74) is 1.41. The molecule has 2 aromatic carbocycles.